The van der Waals surface area contributed by atoms with Crippen molar-refractivity contribution in [1.82, 2.24) is 15.5 Å². The number of primary amides is 1. The molecule has 1 aliphatic heterocycles. The molecule has 2 rings (SSSR count). The van der Waals surface area contributed by atoms with E-state index in [0.29, 0.717) is 24.9 Å². The topological polar surface area (TPSA) is 87.5 Å². The van der Waals surface area contributed by atoms with Gasteiger partial charge in [0.2, 0.25) is 0 Å². The molecule has 6 nitrogen and oxygen atoms in total. The van der Waals surface area contributed by atoms with Crippen molar-refractivity contribution in [1.29, 1.82) is 0 Å². The number of nitrogens with one attached hydrogen (secondary N) is 2. The van der Waals surface area contributed by atoms with Crippen molar-refractivity contribution in [2.24, 2.45) is 23.5 Å². The van der Waals surface area contributed by atoms with Gasteiger partial charge in [-0.15, -0.1) is 0 Å². The van der Waals surface area contributed by atoms with Crippen molar-refractivity contribution in [3.63, 3.8) is 0 Å². The summed E-state index contributed by atoms with van der Waals surface area (Å²) >= 11 is 0. The molecular weight excluding hydrogens is 244 g/mol. The van der Waals surface area contributed by atoms with E-state index in [2.05, 4.69) is 17.6 Å². The van der Waals surface area contributed by atoms with Crippen LogP contribution in [0.5, 0.6) is 0 Å². The molecule has 0 radical (unpaired) electrons. The molecule has 4 N–H and O–H groups in total. The first-order valence-corrected chi connectivity index (χ1v) is 7.12. The Balaban J connectivity index is 1.69. The van der Waals surface area contributed by atoms with E-state index in [1.165, 1.54) is 6.42 Å². The zero-order chi connectivity index (χ0) is 13.8. The summed E-state index contributed by atoms with van der Waals surface area (Å²) in [6.45, 7) is 5.06. The first kappa shape index (κ1) is 14.0. The molecule has 108 valence electrons. The second-order valence-electron chi connectivity index (χ2n) is 5.86. The van der Waals surface area contributed by atoms with Crippen LogP contribution in [0.25, 0.3) is 0 Å². The summed E-state index contributed by atoms with van der Waals surface area (Å²) in [7, 11) is 0. The molecule has 0 spiro atoms. The molecule has 1 saturated carbocycles. The van der Waals surface area contributed by atoms with E-state index in [9.17, 15) is 9.59 Å². The van der Waals surface area contributed by atoms with Crippen LogP contribution in [0.15, 0.2) is 0 Å². The molecule has 1 aliphatic carbocycles. The zero-order valence-corrected chi connectivity index (χ0v) is 11.5. The van der Waals surface area contributed by atoms with Gasteiger partial charge in [-0.3, -0.25) is 0 Å². The van der Waals surface area contributed by atoms with Gasteiger partial charge in [0, 0.05) is 26.2 Å². The lowest BCUT2D eigenvalue weighted by molar-refractivity contribution is 0.164. The summed E-state index contributed by atoms with van der Waals surface area (Å²) in [6, 6.07) is -0.466. The van der Waals surface area contributed by atoms with Crippen LogP contribution in [-0.2, 0) is 0 Å². The second kappa shape index (κ2) is 6.12. The molecule has 1 heterocycles. The minimum Gasteiger partial charge on any atom is -0.352 e. The lowest BCUT2D eigenvalue weighted by Gasteiger charge is -2.32. The van der Waals surface area contributed by atoms with Crippen LogP contribution in [-0.4, -0.2) is 43.1 Å². The highest BCUT2D eigenvalue weighted by molar-refractivity contribution is 5.74. The maximum absolute atomic E-state index is 12.0. The van der Waals surface area contributed by atoms with Gasteiger partial charge in [0.1, 0.15) is 0 Å². The number of nitrogens with two attached hydrogens (primary N) is 1. The Hall–Kier alpha value is -1.46. The van der Waals surface area contributed by atoms with Crippen LogP contribution in [0.1, 0.15) is 26.2 Å². The summed E-state index contributed by atoms with van der Waals surface area (Å²) in [6.07, 6.45) is 3.24. The summed E-state index contributed by atoms with van der Waals surface area (Å²) in [5, 5.41) is 5.63. The van der Waals surface area contributed by atoms with Gasteiger partial charge in [-0.1, -0.05) is 6.92 Å². The largest absolute Gasteiger partial charge is 0.352 e. The average molecular weight is 268 g/mol. The standard InChI is InChI=1S/C13H24N4O2/c1-9-5-11(9)7-16-13(19)17-4-2-3-10(8-17)6-15-12(14)18/h9-11H,2-8H2,1H3,(H,16,19)(H3,14,15,18). The maximum atomic E-state index is 12.0. The van der Waals surface area contributed by atoms with Gasteiger partial charge in [-0.05, 0) is 37.0 Å². The third-order valence-corrected chi connectivity index (χ3v) is 4.16. The Bertz CT molecular complexity index is 348. The number of rotatable bonds is 4. The minimum atomic E-state index is -0.496. The zero-order valence-electron chi connectivity index (χ0n) is 11.5. The molecule has 2 fully saturated rings. The molecule has 4 amide bonds. The number of hydrogen-bond donors (Lipinski definition) is 3. The monoisotopic (exact) mass is 268 g/mol. The van der Waals surface area contributed by atoms with Crippen molar-refractivity contribution in [3.8, 4) is 0 Å². The summed E-state index contributed by atoms with van der Waals surface area (Å²) in [5.74, 6) is 1.74. The van der Waals surface area contributed by atoms with Crippen molar-refractivity contribution in [2.45, 2.75) is 26.2 Å². The first-order valence-electron chi connectivity index (χ1n) is 7.12. The van der Waals surface area contributed by atoms with Crippen molar-refractivity contribution < 1.29 is 9.59 Å². The number of carbonyl (C=O) groups is 2. The SMILES string of the molecule is CC1CC1CNC(=O)N1CCCC(CNC(N)=O)C1. The van der Waals surface area contributed by atoms with E-state index >= 15 is 0 Å². The first-order chi connectivity index (χ1) is 9.06. The second-order valence-corrected chi connectivity index (χ2v) is 5.86. The minimum absolute atomic E-state index is 0.0304. The fourth-order valence-electron chi connectivity index (χ4n) is 2.67. The average Bonchev–Trinajstić information content (AvgIpc) is 3.10. The molecular formula is C13H24N4O2. The lowest BCUT2D eigenvalue weighted by atomic mass is 9.98. The number of piperidine rings is 1. The normalized spacial score (nSPS) is 29.7. The fourth-order valence-corrected chi connectivity index (χ4v) is 2.67. The third-order valence-electron chi connectivity index (χ3n) is 4.16. The maximum Gasteiger partial charge on any atom is 0.317 e. The van der Waals surface area contributed by atoms with Gasteiger partial charge in [-0.25, -0.2) is 9.59 Å². The molecule has 0 aromatic heterocycles. The van der Waals surface area contributed by atoms with E-state index < -0.39 is 6.03 Å². The van der Waals surface area contributed by atoms with Gasteiger partial charge in [-0.2, -0.15) is 0 Å². The molecule has 0 aromatic rings. The predicted octanol–water partition coefficient (Wildman–Crippen LogP) is 0.732. The van der Waals surface area contributed by atoms with Crippen molar-refractivity contribution in [3.05, 3.63) is 0 Å². The molecule has 3 unspecified atom stereocenters. The highest BCUT2D eigenvalue weighted by Crippen LogP contribution is 2.36. The number of urea groups is 2. The number of carbonyl (C=O) groups excluding carboxylic acids is 2. The summed E-state index contributed by atoms with van der Waals surface area (Å²) in [4.78, 5) is 24.6. The van der Waals surface area contributed by atoms with E-state index in [-0.39, 0.29) is 6.03 Å². The van der Waals surface area contributed by atoms with E-state index in [4.69, 9.17) is 5.73 Å². The lowest BCUT2D eigenvalue weighted by Crippen LogP contribution is -2.48. The summed E-state index contributed by atoms with van der Waals surface area (Å²) in [5.41, 5.74) is 5.06. The molecule has 0 bridgehead atoms. The van der Waals surface area contributed by atoms with Crippen LogP contribution < -0.4 is 16.4 Å². The molecule has 1 saturated heterocycles. The molecule has 19 heavy (non-hydrogen) atoms. The smallest absolute Gasteiger partial charge is 0.317 e. The highest BCUT2D eigenvalue weighted by Gasteiger charge is 2.33. The van der Waals surface area contributed by atoms with Gasteiger partial charge >= 0.3 is 12.1 Å². The van der Waals surface area contributed by atoms with Gasteiger partial charge < -0.3 is 21.3 Å². The van der Waals surface area contributed by atoms with Crippen molar-refractivity contribution in [2.75, 3.05) is 26.2 Å². The quantitative estimate of drug-likeness (QED) is 0.702. The van der Waals surface area contributed by atoms with E-state index in [1.54, 1.807) is 0 Å². The van der Waals surface area contributed by atoms with Crippen LogP contribution in [0, 0.1) is 17.8 Å². The molecule has 0 aromatic carbocycles. The van der Waals surface area contributed by atoms with Crippen LogP contribution >= 0.6 is 0 Å². The predicted molar refractivity (Wildman–Crippen MR) is 72.6 cm³/mol. The molecule has 6 heteroatoms. The van der Waals surface area contributed by atoms with Gasteiger partial charge in [0.25, 0.3) is 0 Å². The van der Waals surface area contributed by atoms with Gasteiger partial charge in [0.05, 0.1) is 0 Å². The third kappa shape index (κ3) is 4.29. The Labute approximate surface area is 114 Å². The Morgan fingerprint density at radius 2 is 2.05 bits per heavy atom. The fraction of sp³-hybridized carbons (Fsp3) is 0.846. The summed E-state index contributed by atoms with van der Waals surface area (Å²) < 4.78 is 0. The number of nitrogens with zero attached hydrogens (tertiary/aromatic N) is 1. The number of amides is 4. The molecule has 3 atom stereocenters. The Morgan fingerprint density at radius 1 is 1.32 bits per heavy atom. The molecule has 2 aliphatic rings. The van der Waals surface area contributed by atoms with Crippen molar-refractivity contribution >= 4 is 12.1 Å². The van der Waals surface area contributed by atoms with E-state index in [0.717, 1.165) is 31.8 Å². The Morgan fingerprint density at radius 3 is 2.68 bits per heavy atom. The Kier molecular flexibility index (Phi) is 4.50. The van der Waals surface area contributed by atoms with Gasteiger partial charge in [0.15, 0.2) is 0 Å². The van der Waals surface area contributed by atoms with Crippen LogP contribution in [0.4, 0.5) is 9.59 Å². The highest BCUT2D eigenvalue weighted by atomic mass is 16.2. The van der Waals surface area contributed by atoms with E-state index in [1.807, 2.05) is 4.90 Å². The van der Waals surface area contributed by atoms with Crippen LogP contribution in [0.3, 0.4) is 0 Å². The van der Waals surface area contributed by atoms with Crippen LogP contribution in [0.2, 0.25) is 0 Å². The number of likely N-dealkylation sites (tertiary alicyclic amines) is 1. The number of hydrogen-bond acceptors (Lipinski definition) is 2.